The van der Waals surface area contributed by atoms with Gasteiger partial charge in [0.1, 0.15) is 0 Å². The molecule has 3 N–H and O–H groups in total. The van der Waals surface area contributed by atoms with Gasteiger partial charge < -0.3 is 20.1 Å². The molecular weight excluding hydrogens is 376 g/mol. The number of aliphatic hydroxyl groups is 1. The smallest absolute Gasteiger partial charge is 0.252 e. The lowest BCUT2D eigenvalue weighted by atomic mass is 10.0. The normalized spacial score (nSPS) is 10.6. The molecule has 0 saturated heterocycles. The van der Waals surface area contributed by atoms with Crippen LogP contribution in [0.1, 0.15) is 38.4 Å². The summed E-state index contributed by atoms with van der Waals surface area (Å²) >= 11 is 0. The van der Waals surface area contributed by atoms with Gasteiger partial charge in [-0.05, 0) is 50.5 Å². The molecular formula is C21H27ClN4O2. The molecule has 0 aliphatic carbocycles. The summed E-state index contributed by atoms with van der Waals surface area (Å²) in [7, 11) is 0. The standard InChI is InChI=1S/C21H26N4O2.ClH/c1-13-6-5-7-14(2)18(13)11-23-19-10-17(21(27)22-8-9-26)12-25-16(4)15(3)24-20(19)25;/h5-7,10,12,23,26H,8-9,11H2,1-4H3,(H,22,27);1H. The number of carbonyl (C=O) groups excluding carboxylic acids is 1. The first-order valence-electron chi connectivity index (χ1n) is 9.09. The van der Waals surface area contributed by atoms with Crippen LogP contribution in [0.4, 0.5) is 5.69 Å². The maximum absolute atomic E-state index is 12.4. The number of anilines is 1. The molecule has 2 heterocycles. The third kappa shape index (κ3) is 4.29. The minimum atomic E-state index is -0.216. The van der Waals surface area contributed by atoms with Crippen LogP contribution in [0.5, 0.6) is 0 Å². The molecule has 0 spiro atoms. The first-order chi connectivity index (χ1) is 12.9. The molecule has 7 heteroatoms. The molecule has 1 aromatic carbocycles. The second kappa shape index (κ2) is 9.08. The summed E-state index contributed by atoms with van der Waals surface area (Å²) in [6, 6.07) is 8.08. The van der Waals surface area contributed by atoms with Crippen LogP contribution in [0.2, 0.25) is 0 Å². The van der Waals surface area contributed by atoms with E-state index >= 15 is 0 Å². The zero-order chi connectivity index (χ0) is 19.6. The fraction of sp³-hybridized carbons (Fsp3) is 0.333. The summed E-state index contributed by atoms with van der Waals surface area (Å²) in [5.41, 5.74) is 7.76. The average Bonchev–Trinajstić information content (AvgIpc) is 2.93. The Balaban J connectivity index is 0.00000280. The highest BCUT2D eigenvalue weighted by Crippen LogP contribution is 2.23. The predicted octanol–water partition coefficient (Wildman–Crippen LogP) is 3.32. The van der Waals surface area contributed by atoms with E-state index in [4.69, 9.17) is 5.11 Å². The van der Waals surface area contributed by atoms with E-state index in [9.17, 15) is 4.79 Å². The molecule has 0 bridgehead atoms. The highest BCUT2D eigenvalue weighted by molar-refractivity contribution is 5.96. The lowest BCUT2D eigenvalue weighted by molar-refractivity contribution is 0.0944. The van der Waals surface area contributed by atoms with Crippen molar-refractivity contribution in [1.82, 2.24) is 14.7 Å². The summed E-state index contributed by atoms with van der Waals surface area (Å²) in [6.07, 6.45) is 1.79. The molecule has 0 unspecified atom stereocenters. The van der Waals surface area contributed by atoms with Gasteiger partial charge in [0.25, 0.3) is 5.91 Å². The molecule has 3 aromatic rings. The van der Waals surface area contributed by atoms with E-state index in [-0.39, 0.29) is 31.5 Å². The first kappa shape index (κ1) is 21.7. The molecule has 28 heavy (non-hydrogen) atoms. The van der Waals surface area contributed by atoms with Crippen molar-refractivity contribution < 1.29 is 9.90 Å². The SMILES string of the molecule is Cc1cccc(C)c1CNc1cc(C(=O)NCCO)cn2c(C)c(C)nc12.Cl. The Hall–Kier alpha value is -2.57. The highest BCUT2D eigenvalue weighted by atomic mass is 35.5. The Morgan fingerprint density at radius 1 is 1.18 bits per heavy atom. The summed E-state index contributed by atoms with van der Waals surface area (Å²) in [5.74, 6) is -0.216. The molecule has 1 amide bonds. The zero-order valence-corrected chi connectivity index (χ0v) is 17.5. The summed E-state index contributed by atoms with van der Waals surface area (Å²) < 4.78 is 1.94. The number of halogens is 1. The number of amides is 1. The van der Waals surface area contributed by atoms with Gasteiger partial charge >= 0.3 is 0 Å². The number of benzene rings is 1. The number of nitrogens with zero attached hydrogens (tertiary/aromatic N) is 2. The van der Waals surface area contributed by atoms with Crippen LogP contribution in [-0.2, 0) is 6.54 Å². The second-order valence-electron chi connectivity index (χ2n) is 6.82. The lowest BCUT2D eigenvalue weighted by Gasteiger charge is -2.14. The summed E-state index contributed by atoms with van der Waals surface area (Å²) in [6.45, 7) is 8.94. The van der Waals surface area contributed by atoms with E-state index in [2.05, 4.69) is 47.7 Å². The van der Waals surface area contributed by atoms with E-state index < -0.39 is 0 Å². The molecule has 0 saturated carbocycles. The fourth-order valence-electron chi connectivity index (χ4n) is 3.21. The van der Waals surface area contributed by atoms with E-state index in [0.29, 0.717) is 12.1 Å². The minimum absolute atomic E-state index is 0. The molecule has 0 radical (unpaired) electrons. The number of hydrogen-bond donors (Lipinski definition) is 3. The van der Waals surface area contributed by atoms with Gasteiger partial charge in [0.15, 0.2) is 5.65 Å². The number of aliphatic hydroxyl groups excluding tert-OH is 1. The Morgan fingerprint density at radius 2 is 1.86 bits per heavy atom. The zero-order valence-electron chi connectivity index (χ0n) is 16.7. The molecule has 0 atom stereocenters. The van der Waals surface area contributed by atoms with Gasteiger partial charge in [-0.1, -0.05) is 18.2 Å². The van der Waals surface area contributed by atoms with Crippen LogP contribution in [-0.4, -0.2) is 33.6 Å². The number of pyridine rings is 1. The number of fused-ring (bicyclic) bond motifs is 1. The van der Waals surface area contributed by atoms with Crippen molar-refractivity contribution in [1.29, 1.82) is 0 Å². The van der Waals surface area contributed by atoms with E-state index in [1.807, 2.05) is 24.3 Å². The first-order valence-corrected chi connectivity index (χ1v) is 9.09. The molecule has 0 aliphatic heterocycles. The Morgan fingerprint density at radius 3 is 2.50 bits per heavy atom. The van der Waals surface area contributed by atoms with Crippen LogP contribution >= 0.6 is 12.4 Å². The van der Waals surface area contributed by atoms with E-state index in [1.54, 1.807) is 6.20 Å². The number of hydrogen-bond acceptors (Lipinski definition) is 4. The van der Waals surface area contributed by atoms with Crippen molar-refractivity contribution in [3.63, 3.8) is 0 Å². The largest absolute Gasteiger partial charge is 0.395 e. The second-order valence-corrected chi connectivity index (χ2v) is 6.82. The minimum Gasteiger partial charge on any atom is -0.395 e. The summed E-state index contributed by atoms with van der Waals surface area (Å²) in [4.78, 5) is 17.1. The number of carbonyl (C=O) groups is 1. The number of rotatable bonds is 6. The van der Waals surface area contributed by atoms with Gasteiger partial charge in [-0.25, -0.2) is 4.98 Å². The van der Waals surface area contributed by atoms with Crippen molar-refractivity contribution in [2.45, 2.75) is 34.2 Å². The number of imidazole rings is 1. The van der Waals surface area contributed by atoms with Crippen LogP contribution in [0.3, 0.4) is 0 Å². The van der Waals surface area contributed by atoms with Gasteiger partial charge in [0, 0.05) is 25.0 Å². The average molecular weight is 403 g/mol. The van der Waals surface area contributed by atoms with Gasteiger partial charge in [0.05, 0.1) is 23.6 Å². The fourth-order valence-corrected chi connectivity index (χ4v) is 3.21. The molecule has 6 nitrogen and oxygen atoms in total. The molecule has 3 rings (SSSR count). The molecule has 150 valence electrons. The number of aromatic nitrogens is 2. The maximum Gasteiger partial charge on any atom is 0.252 e. The van der Waals surface area contributed by atoms with Gasteiger partial charge in [-0.15, -0.1) is 12.4 Å². The lowest BCUT2D eigenvalue weighted by Crippen LogP contribution is -2.26. The highest BCUT2D eigenvalue weighted by Gasteiger charge is 2.15. The van der Waals surface area contributed by atoms with Crippen LogP contribution in [0.25, 0.3) is 5.65 Å². The number of aryl methyl sites for hydroxylation is 4. The third-order valence-electron chi connectivity index (χ3n) is 4.96. The molecule has 0 fully saturated rings. The van der Waals surface area contributed by atoms with Gasteiger partial charge in [-0.2, -0.15) is 0 Å². The van der Waals surface area contributed by atoms with Crippen molar-refractivity contribution >= 4 is 29.6 Å². The van der Waals surface area contributed by atoms with Gasteiger partial charge in [0.2, 0.25) is 0 Å². The van der Waals surface area contributed by atoms with Crippen molar-refractivity contribution in [3.8, 4) is 0 Å². The molecule has 2 aromatic heterocycles. The monoisotopic (exact) mass is 402 g/mol. The van der Waals surface area contributed by atoms with Crippen molar-refractivity contribution in [2.24, 2.45) is 0 Å². The Bertz CT molecular complexity index is 977. The quantitative estimate of drug-likeness (QED) is 0.591. The van der Waals surface area contributed by atoms with E-state index in [0.717, 1.165) is 22.7 Å². The van der Waals surface area contributed by atoms with Crippen LogP contribution < -0.4 is 10.6 Å². The topological polar surface area (TPSA) is 78.7 Å². The maximum atomic E-state index is 12.4. The van der Waals surface area contributed by atoms with E-state index in [1.165, 1.54) is 16.7 Å². The van der Waals surface area contributed by atoms with Gasteiger partial charge in [-0.3, -0.25) is 4.79 Å². The third-order valence-corrected chi connectivity index (χ3v) is 4.96. The number of nitrogens with one attached hydrogen (secondary N) is 2. The van der Waals surface area contributed by atoms with Crippen LogP contribution in [0, 0.1) is 27.7 Å². The Labute approximate surface area is 171 Å². The predicted molar refractivity (Wildman–Crippen MR) is 115 cm³/mol. The van der Waals surface area contributed by atoms with Crippen LogP contribution in [0.15, 0.2) is 30.5 Å². The molecule has 0 aliphatic rings. The summed E-state index contributed by atoms with van der Waals surface area (Å²) in [5, 5.41) is 15.1. The van der Waals surface area contributed by atoms with Crippen molar-refractivity contribution in [3.05, 3.63) is 64.1 Å². The Kier molecular flexibility index (Phi) is 7.05. The van der Waals surface area contributed by atoms with Crippen molar-refractivity contribution in [2.75, 3.05) is 18.5 Å².